The van der Waals surface area contributed by atoms with Gasteiger partial charge in [-0.15, -0.1) is 0 Å². The van der Waals surface area contributed by atoms with E-state index in [1.165, 1.54) is 31.3 Å². The van der Waals surface area contributed by atoms with Crippen LogP contribution in [0.5, 0.6) is 0 Å². The normalized spacial score (nSPS) is 23.8. The van der Waals surface area contributed by atoms with Crippen LogP contribution in [0.4, 0.5) is 0 Å². The van der Waals surface area contributed by atoms with Crippen LogP contribution in [0.3, 0.4) is 0 Å². The zero-order chi connectivity index (χ0) is 8.97. The summed E-state index contributed by atoms with van der Waals surface area (Å²) >= 11 is 0. The number of hydrogen-bond acceptors (Lipinski definition) is 1. The molecule has 1 atom stereocenters. The van der Waals surface area contributed by atoms with Gasteiger partial charge in [0.15, 0.2) is 0 Å². The van der Waals surface area contributed by atoms with Crippen LogP contribution in [-0.4, -0.2) is 6.61 Å². The van der Waals surface area contributed by atoms with Gasteiger partial charge in [-0.1, -0.05) is 25.2 Å². The molecule has 0 N–H and O–H groups in total. The van der Waals surface area contributed by atoms with Crippen molar-refractivity contribution in [3.8, 4) is 0 Å². The Bertz CT molecular complexity index is 181. The van der Waals surface area contributed by atoms with Crippen molar-refractivity contribution in [2.75, 3.05) is 6.61 Å². The molecule has 0 spiro atoms. The largest absolute Gasteiger partial charge is 0.498 e. The minimum Gasteiger partial charge on any atom is -0.498 e. The topological polar surface area (TPSA) is 9.23 Å². The van der Waals surface area contributed by atoms with Crippen LogP contribution < -0.4 is 0 Å². The van der Waals surface area contributed by atoms with Gasteiger partial charge in [0.2, 0.25) is 0 Å². The van der Waals surface area contributed by atoms with E-state index in [1.54, 1.807) is 0 Å². The van der Waals surface area contributed by atoms with Crippen LogP contribution in [0.1, 0.15) is 32.6 Å². The molecular formula is C11H18O. The Morgan fingerprint density at radius 2 is 2.33 bits per heavy atom. The van der Waals surface area contributed by atoms with Gasteiger partial charge in [0.1, 0.15) is 0 Å². The minimum absolute atomic E-state index is 0.579. The third kappa shape index (κ3) is 2.72. The Kier molecular flexibility index (Phi) is 3.39. The highest BCUT2D eigenvalue weighted by Crippen LogP contribution is 2.28. The summed E-state index contributed by atoms with van der Waals surface area (Å²) in [5.41, 5.74) is 1.36. The van der Waals surface area contributed by atoms with Crippen LogP contribution in [0, 0.1) is 5.92 Å². The van der Waals surface area contributed by atoms with Crippen molar-refractivity contribution in [3.63, 3.8) is 0 Å². The predicted octanol–water partition coefficient (Wildman–Crippen LogP) is 3.28. The highest BCUT2D eigenvalue weighted by Gasteiger charge is 2.17. The molecule has 1 aliphatic rings. The van der Waals surface area contributed by atoms with Crippen LogP contribution in [0.15, 0.2) is 24.5 Å². The summed E-state index contributed by atoms with van der Waals surface area (Å²) in [5, 5.41) is 0. The number of hydrogen-bond donors (Lipinski definition) is 0. The highest BCUT2D eigenvalue weighted by molar-refractivity contribution is 5.03. The van der Waals surface area contributed by atoms with Crippen molar-refractivity contribution < 1.29 is 4.74 Å². The van der Waals surface area contributed by atoms with Gasteiger partial charge >= 0.3 is 0 Å². The van der Waals surface area contributed by atoms with Gasteiger partial charge in [0, 0.05) is 5.92 Å². The fourth-order valence-corrected chi connectivity index (χ4v) is 1.60. The zero-order valence-corrected chi connectivity index (χ0v) is 7.94. The summed E-state index contributed by atoms with van der Waals surface area (Å²) in [6.45, 7) is 10.5. The smallest absolute Gasteiger partial charge is 0.0942 e. The van der Waals surface area contributed by atoms with E-state index in [9.17, 15) is 0 Å². The van der Waals surface area contributed by atoms with E-state index < -0.39 is 0 Å². The van der Waals surface area contributed by atoms with Crippen molar-refractivity contribution in [1.29, 1.82) is 0 Å². The molecule has 0 aromatic rings. The molecule has 1 nitrogen and oxygen atoms in total. The number of allylic oxidation sites excluding steroid dienone is 1. The maximum Gasteiger partial charge on any atom is 0.0942 e. The molecule has 0 bridgehead atoms. The predicted molar refractivity (Wildman–Crippen MR) is 51.9 cm³/mol. The summed E-state index contributed by atoms with van der Waals surface area (Å²) in [4.78, 5) is 0. The summed E-state index contributed by atoms with van der Waals surface area (Å²) in [7, 11) is 0. The second kappa shape index (κ2) is 4.34. The molecule has 1 aliphatic carbocycles. The maximum absolute atomic E-state index is 5.40. The first-order valence-electron chi connectivity index (χ1n) is 4.66. The molecule has 1 unspecified atom stereocenters. The third-order valence-corrected chi connectivity index (χ3v) is 2.41. The fraction of sp³-hybridized carbons (Fsp3) is 0.636. The molecule has 0 saturated heterocycles. The monoisotopic (exact) mass is 166 g/mol. The molecule has 1 rings (SSSR count). The van der Waals surface area contributed by atoms with Crippen LogP contribution in [0.2, 0.25) is 0 Å². The molecule has 0 aliphatic heterocycles. The lowest BCUT2D eigenvalue weighted by molar-refractivity contribution is 0.168. The lowest BCUT2D eigenvalue weighted by atomic mass is 9.86. The quantitative estimate of drug-likeness (QED) is 0.462. The van der Waals surface area contributed by atoms with Crippen molar-refractivity contribution in [2.24, 2.45) is 5.92 Å². The molecule has 0 aromatic carbocycles. The first kappa shape index (κ1) is 9.37. The minimum atomic E-state index is 0.579. The number of rotatable bonds is 3. The lowest BCUT2D eigenvalue weighted by Crippen LogP contribution is -2.15. The summed E-state index contributed by atoms with van der Waals surface area (Å²) in [6.07, 6.45) is 5.06. The average Bonchev–Trinajstić information content (AvgIpc) is 2.03. The van der Waals surface area contributed by atoms with E-state index in [-0.39, 0.29) is 0 Å². The van der Waals surface area contributed by atoms with Crippen LogP contribution >= 0.6 is 0 Å². The first-order chi connectivity index (χ1) is 5.70. The Morgan fingerprint density at radius 3 is 2.92 bits per heavy atom. The van der Waals surface area contributed by atoms with E-state index in [1.807, 2.05) is 6.92 Å². The summed E-state index contributed by atoms with van der Waals surface area (Å²) < 4.78 is 5.40. The Hall–Kier alpha value is -0.720. The van der Waals surface area contributed by atoms with Crippen molar-refractivity contribution >= 4 is 0 Å². The van der Waals surface area contributed by atoms with Gasteiger partial charge in [0.25, 0.3) is 0 Å². The van der Waals surface area contributed by atoms with E-state index in [4.69, 9.17) is 4.74 Å². The van der Waals surface area contributed by atoms with Gasteiger partial charge in [-0.25, -0.2) is 0 Å². The molecule has 1 saturated carbocycles. The molecule has 1 fully saturated rings. The highest BCUT2D eigenvalue weighted by atomic mass is 16.5. The Labute approximate surface area is 75.1 Å². The van der Waals surface area contributed by atoms with Crippen LogP contribution in [0.25, 0.3) is 0 Å². The van der Waals surface area contributed by atoms with E-state index >= 15 is 0 Å². The zero-order valence-electron chi connectivity index (χ0n) is 7.94. The van der Waals surface area contributed by atoms with Gasteiger partial charge in [-0.2, -0.15) is 0 Å². The summed E-state index contributed by atoms with van der Waals surface area (Å²) in [6, 6.07) is 0. The molecule has 0 radical (unpaired) electrons. The average molecular weight is 166 g/mol. The Balaban J connectivity index is 2.29. The van der Waals surface area contributed by atoms with Gasteiger partial charge < -0.3 is 4.74 Å². The van der Waals surface area contributed by atoms with Gasteiger partial charge in [-0.3, -0.25) is 0 Å². The molecule has 68 valence electrons. The molecule has 0 amide bonds. The van der Waals surface area contributed by atoms with Crippen molar-refractivity contribution in [2.45, 2.75) is 32.6 Å². The third-order valence-electron chi connectivity index (χ3n) is 2.41. The van der Waals surface area contributed by atoms with E-state index in [0.717, 1.165) is 12.4 Å². The second-order valence-electron chi connectivity index (χ2n) is 3.61. The fourth-order valence-electron chi connectivity index (χ4n) is 1.60. The first-order valence-corrected chi connectivity index (χ1v) is 4.66. The van der Waals surface area contributed by atoms with Crippen molar-refractivity contribution in [3.05, 3.63) is 24.5 Å². The van der Waals surface area contributed by atoms with Crippen molar-refractivity contribution in [1.82, 2.24) is 0 Å². The number of ether oxygens (including phenoxy) is 1. The molecule has 12 heavy (non-hydrogen) atoms. The maximum atomic E-state index is 5.40. The molecule has 0 heterocycles. The summed E-state index contributed by atoms with van der Waals surface area (Å²) in [5.74, 6) is 1.39. The van der Waals surface area contributed by atoms with Gasteiger partial charge in [-0.05, 0) is 26.2 Å². The molecule has 0 aromatic heterocycles. The Morgan fingerprint density at radius 1 is 1.58 bits per heavy atom. The second-order valence-corrected chi connectivity index (χ2v) is 3.61. The van der Waals surface area contributed by atoms with Crippen LogP contribution in [-0.2, 0) is 4.74 Å². The SMILES string of the molecule is C=C(C)OCC1CCCCC1=C. The van der Waals surface area contributed by atoms with Gasteiger partial charge in [0.05, 0.1) is 12.4 Å². The van der Waals surface area contributed by atoms with E-state index in [0.29, 0.717) is 5.92 Å². The van der Waals surface area contributed by atoms with E-state index in [2.05, 4.69) is 13.2 Å². The standard InChI is InChI=1S/C11H18O/c1-9(2)12-8-11-7-5-4-6-10(11)3/h11H,1,3-8H2,2H3. The molecular weight excluding hydrogens is 148 g/mol. The lowest BCUT2D eigenvalue weighted by Gasteiger charge is -2.24. The molecule has 1 heteroatoms.